The van der Waals surface area contributed by atoms with Crippen LogP contribution in [0.4, 0.5) is 5.13 Å². The van der Waals surface area contributed by atoms with Crippen molar-refractivity contribution in [3.63, 3.8) is 0 Å². The Kier molecular flexibility index (Phi) is 5.17. The van der Waals surface area contributed by atoms with Crippen molar-refractivity contribution in [2.45, 2.75) is 12.8 Å². The highest BCUT2D eigenvalue weighted by molar-refractivity contribution is 7.13. The number of hydrogen-bond donors (Lipinski definition) is 0. The average Bonchev–Trinajstić information content (AvgIpc) is 3.08. The molecule has 0 N–H and O–H groups in total. The van der Waals surface area contributed by atoms with Crippen molar-refractivity contribution in [3.8, 4) is 11.5 Å². The van der Waals surface area contributed by atoms with E-state index < -0.39 is 0 Å². The number of benzene rings is 1. The molecule has 3 heterocycles. The minimum atomic E-state index is 0.106. The summed E-state index contributed by atoms with van der Waals surface area (Å²) in [5.41, 5.74) is 0.853. The molecule has 8 heteroatoms. The van der Waals surface area contributed by atoms with E-state index in [0.717, 1.165) is 30.2 Å². The van der Waals surface area contributed by atoms with E-state index in [9.17, 15) is 4.79 Å². The van der Waals surface area contributed by atoms with Gasteiger partial charge in [-0.15, -0.1) is 11.3 Å². The van der Waals surface area contributed by atoms with E-state index in [1.54, 1.807) is 17.4 Å². The molecule has 0 saturated carbocycles. The van der Waals surface area contributed by atoms with E-state index in [1.807, 2.05) is 22.5 Å². The molecule has 0 bridgehead atoms. The van der Waals surface area contributed by atoms with Gasteiger partial charge in [0.1, 0.15) is 0 Å². The Bertz CT molecular complexity index is 776. The van der Waals surface area contributed by atoms with Gasteiger partial charge in [-0.1, -0.05) is 11.6 Å². The van der Waals surface area contributed by atoms with Crippen molar-refractivity contribution in [1.29, 1.82) is 0 Å². The molecule has 0 spiro atoms. The standard InChI is InChI=1S/C18H20ClN3O3S/c19-14-10-13(11-15-17(14)25-8-1-7-24-15)12-16(23)21-3-5-22(6-4-21)18-20-2-9-26-18/h2,9-11H,1,3-8,12H2. The molecule has 138 valence electrons. The molecule has 2 aromatic rings. The Morgan fingerprint density at radius 1 is 1.19 bits per heavy atom. The number of carbonyl (C=O) groups excluding carboxylic acids is 1. The number of anilines is 1. The van der Waals surface area contributed by atoms with Crippen LogP contribution in [0.15, 0.2) is 23.7 Å². The van der Waals surface area contributed by atoms with Crippen LogP contribution in [0, 0.1) is 0 Å². The number of piperazine rings is 1. The van der Waals surface area contributed by atoms with Crippen LogP contribution in [-0.2, 0) is 11.2 Å². The van der Waals surface area contributed by atoms with Gasteiger partial charge in [0, 0.05) is 44.2 Å². The minimum absolute atomic E-state index is 0.106. The van der Waals surface area contributed by atoms with Crippen LogP contribution in [0.1, 0.15) is 12.0 Å². The van der Waals surface area contributed by atoms with Crippen molar-refractivity contribution in [2.24, 2.45) is 0 Å². The van der Waals surface area contributed by atoms with E-state index in [0.29, 0.717) is 49.2 Å². The molecule has 1 amide bonds. The molecule has 6 nitrogen and oxygen atoms in total. The van der Waals surface area contributed by atoms with Crippen LogP contribution in [0.25, 0.3) is 0 Å². The van der Waals surface area contributed by atoms with Crippen LogP contribution < -0.4 is 14.4 Å². The number of aromatic nitrogens is 1. The van der Waals surface area contributed by atoms with Gasteiger partial charge in [0.2, 0.25) is 5.91 Å². The number of hydrogen-bond acceptors (Lipinski definition) is 6. The predicted molar refractivity (Wildman–Crippen MR) is 102 cm³/mol. The highest BCUT2D eigenvalue weighted by Crippen LogP contribution is 2.38. The molecule has 26 heavy (non-hydrogen) atoms. The quantitative estimate of drug-likeness (QED) is 0.802. The van der Waals surface area contributed by atoms with E-state index in [2.05, 4.69) is 9.88 Å². The first-order valence-electron chi connectivity index (χ1n) is 8.71. The lowest BCUT2D eigenvalue weighted by atomic mass is 10.1. The second-order valence-corrected chi connectivity index (χ2v) is 7.59. The molecular weight excluding hydrogens is 374 g/mol. The summed E-state index contributed by atoms with van der Waals surface area (Å²) in [6.07, 6.45) is 2.95. The van der Waals surface area contributed by atoms with Crippen LogP contribution >= 0.6 is 22.9 Å². The first-order chi connectivity index (χ1) is 12.7. The zero-order chi connectivity index (χ0) is 17.9. The number of rotatable bonds is 3. The van der Waals surface area contributed by atoms with Gasteiger partial charge >= 0.3 is 0 Å². The number of nitrogens with zero attached hydrogens (tertiary/aromatic N) is 3. The fourth-order valence-electron chi connectivity index (χ4n) is 3.19. The fraction of sp³-hybridized carbons (Fsp3) is 0.444. The molecule has 1 fully saturated rings. The molecule has 0 radical (unpaired) electrons. The molecule has 4 rings (SSSR count). The summed E-state index contributed by atoms with van der Waals surface area (Å²) in [5.74, 6) is 1.32. The molecule has 0 aliphatic carbocycles. The highest BCUT2D eigenvalue weighted by atomic mass is 35.5. The lowest BCUT2D eigenvalue weighted by Crippen LogP contribution is -2.49. The number of fused-ring (bicyclic) bond motifs is 1. The zero-order valence-corrected chi connectivity index (χ0v) is 15.9. The first-order valence-corrected chi connectivity index (χ1v) is 9.97. The van der Waals surface area contributed by atoms with Gasteiger partial charge in [0.25, 0.3) is 0 Å². The maximum atomic E-state index is 12.7. The molecule has 2 aliphatic heterocycles. The number of halogens is 1. The van der Waals surface area contributed by atoms with Crippen molar-refractivity contribution >= 4 is 34.0 Å². The number of ether oxygens (including phenoxy) is 2. The Hall–Kier alpha value is -1.99. The molecule has 1 aromatic carbocycles. The second kappa shape index (κ2) is 7.72. The van der Waals surface area contributed by atoms with Crippen molar-refractivity contribution < 1.29 is 14.3 Å². The maximum Gasteiger partial charge on any atom is 0.227 e. The average molecular weight is 394 g/mol. The molecule has 1 aromatic heterocycles. The predicted octanol–water partition coefficient (Wildman–Crippen LogP) is 2.85. The number of amides is 1. The van der Waals surface area contributed by atoms with E-state index in [4.69, 9.17) is 21.1 Å². The Morgan fingerprint density at radius 3 is 2.77 bits per heavy atom. The van der Waals surface area contributed by atoms with E-state index >= 15 is 0 Å². The van der Waals surface area contributed by atoms with Gasteiger partial charge < -0.3 is 19.3 Å². The summed E-state index contributed by atoms with van der Waals surface area (Å²) in [6, 6.07) is 3.68. The van der Waals surface area contributed by atoms with E-state index in [1.165, 1.54) is 0 Å². The monoisotopic (exact) mass is 393 g/mol. The third-order valence-corrected chi connectivity index (χ3v) is 5.65. The minimum Gasteiger partial charge on any atom is -0.489 e. The first kappa shape index (κ1) is 17.4. The third kappa shape index (κ3) is 3.73. The van der Waals surface area contributed by atoms with E-state index in [-0.39, 0.29) is 5.91 Å². The highest BCUT2D eigenvalue weighted by Gasteiger charge is 2.23. The van der Waals surface area contributed by atoms with Gasteiger partial charge in [0.15, 0.2) is 16.6 Å². The molecule has 0 atom stereocenters. The normalized spacial score (nSPS) is 17.1. The van der Waals surface area contributed by atoms with Crippen LogP contribution in [0.2, 0.25) is 5.02 Å². The summed E-state index contributed by atoms with van der Waals surface area (Å²) < 4.78 is 11.3. The largest absolute Gasteiger partial charge is 0.489 e. The Labute approximate surface area is 161 Å². The summed E-state index contributed by atoms with van der Waals surface area (Å²) in [7, 11) is 0. The summed E-state index contributed by atoms with van der Waals surface area (Å²) in [5, 5.41) is 3.49. The number of thiazole rings is 1. The van der Waals surface area contributed by atoms with Crippen molar-refractivity contribution in [3.05, 3.63) is 34.3 Å². The fourth-order valence-corrected chi connectivity index (χ4v) is 4.18. The molecular formula is C18H20ClN3O3S. The lowest BCUT2D eigenvalue weighted by Gasteiger charge is -2.34. The lowest BCUT2D eigenvalue weighted by molar-refractivity contribution is -0.130. The molecule has 2 aliphatic rings. The van der Waals surface area contributed by atoms with Gasteiger partial charge in [-0.2, -0.15) is 0 Å². The van der Waals surface area contributed by atoms with Gasteiger partial charge in [-0.3, -0.25) is 4.79 Å². The van der Waals surface area contributed by atoms with Crippen LogP contribution in [0.5, 0.6) is 11.5 Å². The second-order valence-electron chi connectivity index (χ2n) is 6.31. The zero-order valence-electron chi connectivity index (χ0n) is 14.3. The topological polar surface area (TPSA) is 54.9 Å². The van der Waals surface area contributed by atoms with Gasteiger partial charge in [-0.25, -0.2) is 4.98 Å². The molecule has 1 saturated heterocycles. The maximum absolute atomic E-state index is 12.7. The van der Waals surface area contributed by atoms with Crippen molar-refractivity contribution in [1.82, 2.24) is 9.88 Å². The van der Waals surface area contributed by atoms with Gasteiger partial charge in [-0.05, 0) is 17.7 Å². The number of carbonyl (C=O) groups is 1. The summed E-state index contributed by atoms with van der Waals surface area (Å²) in [6.45, 7) is 4.21. The van der Waals surface area contributed by atoms with Gasteiger partial charge in [0.05, 0.1) is 24.7 Å². The van der Waals surface area contributed by atoms with Crippen molar-refractivity contribution in [2.75, 3.05) is 44.3 Å². The smallest absolute Gasteiger partial charge is 0.227 e. The summed E-state index contributed by atoms with van der Waals surface area (Å²) in [4.78, 5) is 21.1. The Balaban J connectivity index is 1.39. The Morgan fingerprint density at radius 2 is 2.00 bits per heavy atom. The third-order valence-electron chi connectivity index (χ3n) is 4.54. The van der Waals surface area contributed by atoms with Crippen LogP contribution in [-0.4, -0.2) is 55.2 Å². The summed E-state index contributed by atoms with van der Waals surface area (Å²) >= 11 is 7.95. The van der Waals surface area contributed by atoms with Crippen LogP contribution in [0.3, 0.4) is 0 Å². The molecule has 0 unspecified atom stereocenters. The SMILES string of the molecule is O=C(Cc1cc(Cl)c2c(c1)OCCCO2)N1CCN(c2nccs2)CC1.